The number of H-pyrrole nitrogens is 1. The number of Topliss-reactive ketones (excluding diaryl/α,β-unsaturated/α-hetero) is 1. The van der Waals surface area contributed by atoms with Crippen molar-refractivity contribution in [2.75, 3.05) is 25.2 Å². The molecule has 9 nitrogen and oxygen atoms in total. The minimum Gasteiger partial charge on any atom is -0.384 e. The van der Waals surface area contributed by atoms with Gasteiger partial charge in [0.05, 0.1) is 29.9 Å². The summed E-state index contributed by atoms with van der Waals surface area (Å²) in [7, 11) is 3.29. The van der Waals surface area contributed by atoms with E-state index in [9.17, 15) is 14.4 Å². The number of aromatic amines is 1. The van der Waals surface area contributed by atoms with Crippen LogP contribution in [0.5, 0.6) is 0 Å². The number of thioether (sulfide) groups is 1. The third kappa shape index (κ3) is 3.84. The maximum absolute atomic E-state index is 12.7. The summed E-state index contributed by atoms with van der Waals surface area (Å²) in [4.78, 5) is 43.3. The van der Waals surface area contributed by atoms with E-state index in [1.807, 2.05) is 17.7 Å². The summed E-state index contributed by atoms with van der Waals surface area (Å²) < 4.78 is 7.87. The van der Waals surface area contributed by atoms with E-state index in [1.165, 1.54) is 18.9 Å². The van der Waals surface area contributed by atoms with Gasteiger partial charge in [-0.3, -0.25) is 19.1 Å². The molecule has 28 heavy (non-hydrogen) atoms. The number of imidazole rings is 1. The van der Waals surface area contributed by atoms with Crippen LogP contribution < -0.4 is 17.0 Å². The van der Waals surface area contributed by atoms with Crippen molar-refractivity contribution in [1.29, 1.82) is 0 Å². The lowest BCUT2D eigenvalue weighted by atomic mass is 10.2. The zero-order valence-corrected chi connectivity index (χ0v) is 16.8. The van der Waals surface area contributed by atoms with Crippen molar-refractivity contribution < 1.29 is 9.53 Å². The number of nitrogens with two attached hydrogens (primary N) is 1. The molecule has 1 aromatic carbocycles. The van der Waals surface area contributed by atoms with E-state index in [1.54, 1.807) is 12.1 Å². The number of carbonyl (C=O) groups excluding carboxylic acids is 1. The van der Waals surface area contributed by atoms with Crippen LogP contribution in [0.2, 0.25) is 5.02 Å². The monoisotopic (exact) mass is 423 g/mol. The minimum absolute atomic E-state index is 0.0688. The number of aromatic nitrogens is 4. The number of anilines is 1. The van der Waals surface area contributed by atoms with Crippen LogP contribution in [-0.4, -0.2) is 44.4 Å². The Kier molecular flexibility index (Phi) is 5.92. The summed E-state index contributed by atoms with van der Waals surface area (Å²) in [5.74, 6) is -0.742. The molecule has 2 aromatic heterocycles. The van der Waals surface area contributed by atoms with E-state index < -0.39 is 17.0 Å². The molecule has 0 amide bonds. The number of benzene rings is 1. The van der Waals surface area contributed by atoms with Gasteiger partial charge in [-0.25, -0.2) is 9.78 Å². The largest absolute Gasteiger partial charge is 0.384 e. The number of rotatable bonds is 7. The minimum atomic E-state index is -0.807. The molecule has 3 rings (SSSR count). The van der Waals surface area contributed by atoms with Gasteiger partial charge in [-0.15, -0.1) is 0 Å². The Labute approximate surface area is 168 Å². The number of hydrogen-bond acceptors (Lipinski definition) is 7. The summed E-state index contributed by atoms with van der Waals surface area (Å²) in [6, 6.07) is 5.33. The number of nitrogens with one attached hydrogen (secondary N) is 1. The zero-order valence-electron chi connectivity index (χ0n) is 15.2. The molecular formula is C17H18ClN5O4S. The van der Waals surface area contributed by atoms with Crippen LogP contribution in [0, 0.1) is 0 Å². The fraction of sp³-hybridized carbons (Fsp3) is 0.294. The highest BCUT2D eigenvalue weighted by Gasteiger charge is 2.20. The topological polar surface area (TPSA) is 125 Å². The standard InChI is InChI=1S/C17H18ClN5O4S/c1-22-11-4-3-9(18)7-10(11)20-17(22)28-8-12(24)13-14(19)23(5-6-27-2)16(26)21-15(13)25/h3-4,7H,5-6,8,19H2,1-2H3,(H,21,25,26). The first kappa shape index (κ1) is 20.2. The normalized spacial score (nSPS) is 11.2. The number of carbonyl (C=O) groups is 1. The number of hydrogen-bond donors (Lipinski definition) is 2. The average molecular weight is 424 g/mol. The number of methoxy groups -OCH3 is 1. The predicted molar refractivity (Wildman–Crippen MR) is 108 cm³/mol. The third-order valence-corrected chi connectivity index (χ3v) is 5.44. The average Bonchev–Trinajstić information content (AvgIpc) is 2.94. The van der Waals surface area contributed by atoms with Gasteiger partial charge >= 0.3 is 5.69 Å². The summed E-state index contributed by atoms with van der Waals surface area (Å²) in [5.41, 5.74) is 5.76. The molecule has 0 bridgehead atoms. The van der Waals surface area contributed by atoms with Gasteiger partial charge in [0.2, 0.25) is 0 Å². The van der Waals surface area contributed by atoms with Crippen molar-refractivity contribution in [2.24, 2.45) is 7.05 Å². The predicted octanol–water partition coefficient (Wildman–Crippen LogP) is 1.28. The van der Waals surface area contributed by atoms with Crippen molar-refractivity contribution in [3.05, 3.63) is 49.6 Å². The van der Waals surface area contributed by atoms with Crippen LogP contribution in [0.3, 0.4) is 0 Å². The van der Waals surface area contributed by atoms with Gasteiger partial charge in [0.25, 0.3) is 5.56 Å². The molecule has 0 aliphatic carbocycles. The van der Waals surface area contributed by atoms with Gasteiger partial charge < -0.3 is 15.0 Å². The van der Waals surface area contributed by atoms with Gasteiger partial charge in [0.1, 0.15) is 11.4 Å². The molecule has 0 saturated carbocycles. The Hall–Kier alpha value is -2.56. The maximum atomic E-state index is 12.7. The summed E-state index contributed by atoms with van der Waals surface area (Å²) in [5, 5.41) is 1.16. The fourth-order valence-electron chi connectivity index (χ4n) is 2.74. The lowest BCUT2D eigenvalue weighted by Gasteiger charge is -2.11. The second-order valence-corrected chi connectivity index (χ2v) is 7.34. The molecule has 0 radical (unpaired) electrons. The zero-order chi connectivity index (χ0) is 20.4. The Balaban J connectivity index is 1.87. The molecule has 3 N–H and O–H groups in total. The fourth-order valence-corrected chi connectivity index (χ4v) is 3.77. The highest BCUT2D eigenvalue weighted by atomic mass is 35.5. The summed E-state index contributed by atoms with van der Waals surface area (Å²) in [6.07, 6.45) is 0. The van der Waals surface area contributed by atoms with E-state index in [2.05, 4.69) is 9.97 Å². The van der Waals surface area contributed by atoms with Crippen LogP contribution in [0.25, 0.3) is 11.0 Å². The van der Waals surface area contributed by atoms with Crippen molar-refractivity contribution in [1.82, 2.24) is 19.1 Å². The molecule has 0 spiro atoms. The second kappa shape index (κ2) is 8.21. The van der Waals surface area contributed by atoms with Crippen molar-refractivity contribution in [2.45, 2.75) is 11.7 Å². The van der Waals surface area contributed by atoms with Crippen LogP contribution in [-0.2, 0) is 18.3 Å². The molecular weight excluding hydrogens is 406 g/mol. The number of aryl methyl sites for hydroxylation is 1. The number of halogens is 1. The van der Waals surface area contributed by atoms with Crippen molar-refractivity contribution in [3.63, 3.8) is 0 Å². The van der Waals surface area contributed by atoms with Gasteiger partial charge in [0, 0.05) is 19.2 Å². The van der Waals surface area contributed by atoms with Crippen molar-refractivity contribution in [3.8, 4) is 0 Å². The number of ether oxygens (including phenoxy) is 1. The van der Waals surface area contributed by atoms with Crippen LogP contribution in [0.4, 0.5) is 5.82 Å². The highest BCUT2D eigenvalue weighted by Crippen LogP contribution is 2.25. The number of nitrogen functional groups attached to an aromatic ring is 1. The smallest absolute Gasteiger partial charge is 0.330 e. The molecule has 0 fully saturated rings. The Bertz CT molecular complexity index is 1170. The summed E-state index contributed by atoms with van der Waals surface area (Å²) >= 11 is 7.15. The lowest BCUT2D eigenvalue weighted by Crippen LogP contribution is -2.37. The number of fused-ring (bicyclic) bond motifs is 1. The third-order valence-electron chi connectivity index (χ3n) is 4.17. The van der Waals surface area contributed by atoms with Gasteiger partial charge in [0.15, 0.2) is 10.9 Å². The molecule has 2 heterocycles. The molecule has 0 atom stereocenters. The molecule has 0 saturated heterocycles. The highest BCUT2D eigenvalue weighted by molar-refractivity contribution is 7.99. The SMILES string of the molecule is COCCn1c(N)c(C(=O)CSc2nc3cc(Cl)ccc3n2C)c(=O)[nH]c1=O. The maximum Gasteiger partial charge on any atom is 0.330 e. The van der Waals surface area contributed by atoms with E-state index in [-0.39, 0.29) is 30.3 Å². The quantitative estimate of drug-likeness (QED) is 0.433. The second-order valence-electron chi connectivity index (χ2n) is 5.96. The van der Waals surface area contributed by atoms with Gasteiger partial charge in [-0.1, -0.05) is 23.4 Å². The molecule has 0 aliphatic rings. The Morgan fingerprint density at radius 1 is 1.39 bits per heavy atom. The van der Waals surface area contributed by atoms with E-state index in [4.69, 9.17) is 22.1 Å². The van der Waals surface area contributed by atoms with Crippen LogP contribution >= 0.6 is 23.4 Å². The molecule has 0 unspecified atom stereocenters. The van der Waals surface area contributed by atoms with Crippen molar-refractivity contribution >= 4 is 46.0 Å². The first-order valence-electron chi connectivity index (χ1n) is 8.23. The number of nitrogens with zero attached hydrogens (tertiary/aromatic N) is 3. The molecule has 3 aromatic rings. The van der Waals surface area contributed by atoms with E-state index in [0.29, 0.717) is 15.7 Å². The van der Waals surface area contributed by atoms with Gasteiger partial charge in [-0.05, 0) is 18.2 Å². The first-order chi connectivity index (χ1) is 13.3. The van der Waals surface area contributed by atoms with E-state index in [0.717, 1.165) is 10.1 Å². The number of ketones is 1. The lowest BCUT2D eigenvalue weighted by molar-refractivity contribution is 0.102. The molecule has 148 valence electrons. The molecule has 11 heteroatoms. The Morgan fingerprint density at radius 3 is 2.86 bits per heavy atom. The molecule has 0 aliphatic heterocycles. The van der Waals surface area contributed by atoms with Crippen LogP contribution in [0.15, 0.2) is 32.9 Å². The first-order valence-corrected chi connectivity index (χ1v) is 9.59. The van der Waals surface area contributed by atoms with Crippen LogP contribution in [0.1, 0.15) is 10.4 Å². The van der Waals surface area contributed by atoms with E-state index >= 15 is 0 Å². The van der Waals surface area contributed by atoms with Gasteiger partial charge in [-0.2, -0.15) is 0 Å². The summed E-state index contributed by atoms with van der Waals surface area (Å²) in [6.45, 7) is 0.331. The Morgan fingerprint density at radius 2 is 2.14 bits per heavy atom.